The minimum Gasteiger partial charge on any atom is -0.313 e. The molecule has 1 aromatic rings. The molecule has 3 nitrogen and oxygen atoms in total. The lowest BCUT2D eigenvalue weighted by molar-refractivity contribution is 0.501. The Hall–Kier alpha value is -0.830. The van der Waals surface area contributed by atoms with Crippen molar-refractivity contribution in [2.45, 2.75) is 58.9 Å². The van der Waals surface area contributed by atoms with E-state index in [-0.39, 0.29) is 0 Å². The Balaban J connectivity index is 2.66. The third-order valence-corrected chi connectivity index (χ3v) is 3.61. The van der Waals surface area contributed by atoms with E-state index in [1.54, 1.807) is 0 Å². The van der Waals surface area contributed by atoms with Gasteiger partial charge in [0, 0.05) is 24.3 Å². The molecule has 0 fully saturated rings. The highest BCUT2D eigenvalue weighted by molar-refractivity contribution is 5.28. The molecule has 1 atom stereocenters. The molecule has 3 heteroatoms. The molecule has 0 amide bonds. The van der Waals surface area contributed by atoms with Crippen molar-refractivity contribution >= 4 is 0 Å². The maximum absolute atomic E-state index is 4.50. The summed E-state index contributed by atoms with van der Waals surface area (Å²) in [6.45, 7) is 6.52. The molecule has 17 heavy (non-hydrogen) atoms. The van der Waals surface area contributed by atoms with Gasteiger partial charge in [-0.25, -0.2) is 0 Å². The van der Waals surface area contributed by atoms with Crippen molar-refractivity contribution in [1.29, 1.82) is 0 Å². The highest BCUT2D eigenvalue weighted by Gasteiger charge is 2.17. The first-order chi connectivity index (χ1) is 8.11. The van der Waals surface area contributed by atoms with E-state index in [0.29, 0.717) is 6.04 Å². The number of rotatable bonds is 7. The Morgan fingerprint density at radius 2 is 1.94 bits per heavy atom. The normalized spacial score (nSPS) is 13.0. The minimum absolute atomic E-state index is 0.459. The molecule has 0 bridgehead atoms. The van der Waals surface area contributed by atoms with Crippen LogP contribution in [0.15, 0.2) is 0 Å². The summed E-state index contributed by atoms with van der Waals surface area (Å²) in [5.74, 6) is 0. The second-order valence-corrected chi connectivity index (χ2v) is 4.90. The second-order valence-electron chi connectivity index (χ2n) is 4.90. The molecule has 1 N–H and O–H groups in total. The van der Waals surface area contributed by atoms with Gasteiger partial charge in [0.1, 0.15) is 0 Å². The number of aromatic nitrogens is 2. The van der Waals surface area contributed by atoms with Crippen molar-refractivity contribution in [2.24, 2.45) is 7.05 Å². The number of aryl methyl sites for hydroxylation is 2. The lowest BCUT2D eigenvalue weighted by Crippen LogP contribution is -2.17. The Bertz CT molecular complexity index is 341. The summed E-state index contributed by atoms with van der Waals surface area (Å²) in [4.78, 5) is 0. The smallest absolute Gasteiger partial charge is 0.0644 e. The quantitative estimate of drug-likeness (QED) is 0.738. The van der Waals surface area contributed by atoms with Crippen LogP contribution in [-0.4, -0.2) is 16.8 Å². The maximum atomic E-state index is 4.50. The third kappa shape index (κ3) is 3.56. The predicted molar refractivity (Wildman–Crippen MR) is 73.2 cm³/mol. The molecule has 0 saturated carbocycles. The van der Waals surface area contributed by atoms with E-state index in [2.05, 4.69) is 38.2 Å². The monoisotopic (exact) mass is 237 g/mol. The summed E-state index contributed by atoms with van der Waals surface area (Å²) < 4.78 is 1.99. The largest absolute Gasteiger partial charge is 0.313 e. The first kappa shape index (κ1) is 14.2. The summed E-state index contributed by atoms with van der Waals surface area (Å²) in [5, 5.41) is 7.94. The van der Waals surface area contributed by atoms with Crippen molar-refractivity contribution in [3.8, 4) is 0 Å². The molecule has 1 unspecified atom stereocenters. The van der Waals surface area contributed by atoms with Crippen molar-refractivity contribution < 1.29 is 0 Å². The van der Waals surface area contributed by atoms with Crippen LogP contribution >= 0.6 is 0 Å². The van der Waals surface area contributed by atoms with Gasteiger partial charge in [-0.2, -0.15) is 5.10 Å². The van der Waals surface area contributed by atoms with Gasteiger partial charge in [-0.3, -0.25) is 4.68 Å². The van der Waals surface area contributed by atoms with Gasteiger partial charge in [0.25, 0.3) is 0 Å². The molecule has 0 aliphatic rings. The molecule has 0 radical (unpaired) electrons. The zero-order chi connectivity index (χ0) is 12.8. The number of hydrogen-bond acceptors (Lipinski definition) is 2. The molecule has 0 spiro atoms. The minimum atomic E-state index is 0.459. The van der Waals surface area contributed by atoms with Crippen LogP contribution in [0.4, 0.5) is 0 Å². The summed E-state index contributed by atoms with van der Waals surface area (Å²) in [5.41, 5.74) is 3.85. The first-order valence-corrected chi connectivity index (χ1v) is 6.79. The highest BCUT2D eigenvalue weighted by atomic mass is 15.3. The van der Waals surface area contributed by atoms with Gasteiger partial charge >= 0.3 is 0 Å². The Labute approximate surface area is 106 Å². The van der Waals surface area contributed by atoms with Gasteiger partial charge in [0.15, 0.2) is 0 Å². The van der Waals surface area contributed by atoms with Gasteiger partial charge in [-0.1, -0.05) is 32.6 Å². The van der Waals surface area contributed by atoms with Gasteiger partial charge < -0.3 is 5.32 Å². The number of nitrogens with one attached hydrogen (secondary N) is 1. The van der Waals surface area contributed by atoms with E-state index in [1.807, 2.05) is 11.7 Å². The molecular weight excluding hydrogens is 210 g/mol. The fraction of sp³-hybridized carbons (Fsp3) is 0.786. The lowest BCUT2D eigenvalue weighted by Gasteiger charge is -2.17. The Kier molecular flexibility index (Phi) is 5.69. The summed E-state index contributed by atoms with van der Waals surface area (Å²) in [7, 11) is 4.08. The van der Waals surface area contributed by atoms with Crippen LogP contribution in [0.25, 0.3) is 0 Å². The average Bonchev–Trinajstić information content (AvgIpc) is 2.55. The number of unbranched alkanes of at least 4 members (excludes halogenated alkanes) is 3. The third-order valence-electron chi connectivity index (χ3n) is 3.61. The zero-order valence-electron chi connectivity index (χ0n) is 12.0. The van der Waals surface area contributed by atoms with Gasteiger partial charge in [0.2, 0.25) is 0 Å². The predicted octanol–water partition coefficient (Wildman–Crippen LogP) is 3.27. The maximum Gasteiger partial charge on any atom is 0.0644 e. The molecule has 1 rings (SSSR count). The van der Waals surface area contributed by atoms with E-state index in [9.17, 15) is 0 Å². The van der Waals surface area contributed by atoms with Crippen LogP contribution in [0.1, 0.15) is 62.0 Å². The molecule has 0 aliphatic carbocycles. The van der Waals surface area contributed by atoms with Crippen molar-refractivity contribution in [1.82, 2.24) is 15.1 Å². The fourth-order valence-electron chi connectivity index (χ4n) is 2.50. The van der Waals surface area contributed by atoms with Crippen LogP contribution < -0.4 is 5.32 Å². The molecular formula is C14H27N3. The topological polar surface area (TPSA) is 29.9 Å². The second kappa shape index (κ2) is 6.80. The fourth-order valence-corrected chi connectivity index (χ4v) is 2.50. The summed E-state index contributed by atoms with van der Waals surface area (Å²) >= 11 is 0. The van der Waals surface area contributed by atoms with E-state index in [1.165, 1.54) is 49.1 Å². The van der Waals surface area contributed by atoms with Crippen LogP contribution in [0, 0.1) is 13.8 Å². The SMILES string of the molecule is CCCCCCC(NC)c1c(C)nn(C)c1C. The van der Waals surface area contributed by atoms with E-state index < -0.39 is 0 Å². The molecule has 0 saturated heterocycles. The number of hydrogen-bond donors (Lipinski definition) is 1. The molecule has 0 aromatic carbocycles. The molecule has 0 aliphatic heterocycles. The van der Waals surface area contributed by atoms with Crippen LogP contribution in [0.2, 0.25) is 0 Å². The Morgan fingerprint density at radius 1 is 1.24 bits per heavy atom. The van der Waals surface area contributed by atoms with Crippen molar-refractivity contribution in [3.05, 3.63) is 17.0 Å². The number of nitrogens with zero attached hydrogens (tertiary/aromatic N) is 2. The standard InChI is InChI=1S/C14H27N3/c1-6-7-8-9-10-13(15-4)14-11(2)16-17(5)12(14)3/h13,15H,6-10H2,1-5H3. The summed E-state index contributed by atoms with van der Waals surface area (Å²) in [6.07, 6.45) is 6.50. The first-order valence-electron chi connectivity index (χ1n) is 6.79. The van der Waals surface area contributed by atoms with Crippen LogP contribution in [0.3, 0.4) is 0 Å². The van der Waals surface area contributed by atoms with E-state index in [0.717, 1.165) is 0 Å². The highest BCUT2D eigenvalue weighted by Crippen LogP contribution is 2.25. The van der Waals surface area contributed by atoms with Crippen molar-refractivity contribution in [2.75, 3.05) is 7.05 Å². The molecule has 98 valence electrons. The zero-order valence-corrected chi connectivity index (χ0v) is 12.0. The lowest BCUT2D eigenvalue weighted by atomic mass is 9.98. The molecule has 1 aromatic heterocycles. The van der Waals surface area contributed by atoms with Crippen molar-refractivity contribution in [3.63, 3.8) is 0 Å². The summed E-state index contributed by atoms with van der Waals surface area (Å²) in [6, 6.07) is 0.459. The Morgan fingerprint density at radius 3 is 2.41 bits per heavy atom. The van der Waals surface area contributed by atoms with Crippen LogP contribution in [0.5, 0.6) is 0 Å². The van der Waals surface area contributed by atoms with E-state index in [4.69, 9.17) is 0 Å². The average molecular weight is 237 g/mol. The van der Waals surface area contributed by atoms with Gasteiger partial charge in [0.05, 0.1) is 5.69 Å². The van der Waals surface area contributed by atoms with Crippen LogP contribution in [-0.2, 0) is 7.05 Å². The van der Waals surface area contributed by atoms with Gasteiger partial charge in [-0.15, -0.1) is 0 Å². The van der Waals surface area contributed by atoms with Gasteiger partial charge in [-0.05, 0) is 27.3 Å². The van der Waals surface area contributed by atoms with E-state index >= 15 is 0 Å². The molecule has 1 heterocycles.